The minimum atomic E-state index is 0.654. The van der Waals surface area contributed by atoms with Gasteiger partial charge in [-0.05, 0) is 6.42 Å². The van der Waals surface area contributed by atoms with Crippen LogP contribution in [0.4, 0.5) is 0 Å². The Morgan fingerprint density at radius 1 is 1.41 bits per heavy atom. The molecule has 2 aromatic heterocycles. The van der Waals surface area contributed by atoms with Crippen LogP contribution in [0.25, 0.3) is 0 Å². The molecule has 0 atom stereocenters. The lowest BCUT2D eigenvalue weighted by molar-refractivity contribution is 0.421. The molecular formula is C12H17N5. The van der Waals surface area contributed by atoms with Crippen molar-refractivity contribution < 1.29 is 0 Å². The molecule has 0 aliphatic carbocycles. The molecule has 5 nitrogen and oxygen atoms in total. The van der Waals surface area contributed by atoms with Crippen LogP contribution in [0.15, 0.2) is 24.9 Å². The van der Waals surface area contributed by atoms with Crippen LogP contribution in [-0.2, 0) is 13.0 Å². The third kappa shape index (κ3) is 2.24. The number of nitrogens with one attached hydrogen (secondary N) is 2. The fourth-order valence-electron chi connectivity index (χ4n) is 2.21. The van der Waals surface area contributed by atoms with E-state index in [1.165, 1.54) is 5.69 Å². The third-order valence-electron chi connectivity index (χ3n) is 3.31. The van der Waals surface area contributed by atoms with Crippen molar-refractivity contribution in [3.8, 4) is 0 Å². The molecule has 1 aliphatic rings. The van der Waals surface area contributed by atoms with E-state index in [9.17, 15) is 0 Å². The summed E-state index contributed by atoms with van der Waals surface area (Å²) in [5.41, 5.74) is 1.36. The molecule has 0 spiro atoms. The highest BCUT2D eigenvalue weighted by molar-refractivity contribution is 5.11. The normalized spacial score (nSPS) is 16.0. The van der Waals surface area contributed by atoms with Gasteiger partial charge in [-0.25, -0.2) is 9.97 Å². The van der Waals surface area contributed by atoms with E-state index in [0.29, 0.717) is 5.92 Å². The molecule has 1 saturated heterocycles. The van der Waals surface area contributed by atoms with Gasteiger partial charge in [-0.3, -0.25) is 0 Å². The van der Waals surface area contributed by atoms with Crippen LogP contribution < -0.4 is 5.32 Å². The zero-order valence-corrected chi connectivity index (χ0v) is 9.76. The Morgan fingerprint density at radius 2 is 2.35 bits per heavy atom. The minimum Gasteiger partial charge on any atom is -0.349 e. The average molecular weight is 231 g/mol. The second kappa shape index (κ2) is 4.71. The van der Waals surface area contributed by atoms with E-state index in [-0.39, 0.29) is 0 Å². The number of aryl methyl sites for hydroxylation is 2. The molecular weight excluding hydrogens is 214 g/mol. The zero-order chi connectivity index (χ0) is 11.5. The van der Waals surface area contributed by atoms with E-state index in [2.05, 4.69) is 24.8 Å². The number of imidazole rings is 2. The summed E-state index contributed by atoms with van der Waals surface area (Å²) >= 11 is 0. The molecule has 0 saturated carbocycles. The second-order valence-corrected chi connectivity index (χ2v) is 4.51. The van der Waals surface area contributed by atoms with Crippen molar-refractivity contribution in [3.63, 3.8) is 0 Å². The molecule has 5 heteroatoms. The minimum absolute atomic E-state index is 0.654. The van der Waals surface area contributed by atoms with Gasteiger partial charge in [0.15, 0.2) is 0 Å². The highest BCUT2D eigenvalue weighted by Gasteiger charge is 2.21. The topological polar surface area (TPSA) is 58.5 Å². The van der Waals surface area contributed by atoms with Gasteiger partial charge in [0.1, 0.15) is 5.82 Å². The Labute approximate surface area is 100 Å². The van der Waals surface area contributed by atoms with Crippen molar-refractivity contribution in [1.82, 2.24) is 24.8 Å². The van der Waals surface area contributed by atoms with E-state index < -0.39 is 0 Å². The Kier molecular flexibility index (Phi) is 2.92. The highest BCUT2D eigenvalue weighted by atomic mass is 15.1. The summed E-state index contributed by atoms with van der Waals surface area (Å²) in [6.07, 6.45) is 9.70. The van der Waals surface area contributed by atoms with E-state index in [1.807, 2.05) is 18.7 Å². The van der Waals surface area contributed by atoms with Gasteiger partial charge in [0.25, 0.3) is 0 Å². The van der Waals surface area contributed by atoms with Gasteiger partial charge in [0, 0.05) is 56.3 Å². The average Bonchev–Trinajstić information content (AvgIpc) is 2.88. The second-order valence-electron chi connectivity index (χ2n) is 4.51. The predicted molar refractivity (Wildman–Crippen MR) is 64.7 cm³/mol. The molecule has 2 N–H and O–H groups in total. The van der Waals surface area contributed by atoms with Gasteiger partial charge in [0.05, 0.1) is 6.33 Å². The lowest BCUT2D eigenvalue weighted by Crippen LogP contribution is -2.40. The van der Waals surface area contributed by atoms with Crippen molar-refractivity contribution in [2.24, 2.45) is 0 Å². The van der Waals surface area contributed by atoms with Crippen molar-refractivity contribution >= 4 is 0 Å². The molecule has 0 bridgehead atoms. The number of hydrogen-bond donors (Lipinski definition) is 2. The summed E-state index contributed by atoms with van der Waals surface area (Å²) in [6.45, 7) is 3.19. The number of nitrogens with zero attached hydrogens (tertiary/aromatic N) is 3. The van der Waals surface area contributed by atoms with Crippen LogP contribution in [-0.4, -0.2) is 32.6 Å². The Morgan fingerprint density at radius 3 is 3.06 bits per heavy atom. The zero-order valence-electron chi connectivity index (χ0n) is 9.76. The van der Waals surface area contributed by atoms with Crippen LogP contribution in [0.5, 0.6) is 0 Å². The first-order valence-corrected chi connectivity index (χ1v) is 6.12. The standard InChI is InChI=1S/C12H17N5/c1(2-12-15-3-4-16-12)5-17-9-14-8-11(17)10-6-13-7-10/h3-4,8-10,13H,1-2,5-7H2,(H,15,16). The smallest absolute Gasteiger partial charge is 0.106 e. The predicted octanol–water partition coefficient (Wildman–Crippen LogP) is 0.926. The van der Waals surface area contributed by atoms with E-state index in [4.69, 9.17) is 0 Å². The van der Waals surface area contributed by atoms with Crippen LogP contribution in [0, 0.1) is 0 Å². The van der Waals surface area contributed by atoms with Crippen LogP contribution >= 0.6 is 0 Å². The molecule has 1 fully saturated rings. The van der Waals surface area contributed by atoms with Crippen molar-refractivity contribution in [3.05, 3.63) is 36.4 Å². The summed E-state index contributed by atoms with van der Waals surface area (Å²) < 4.78 is 2.27. The lowest BCUT2D eigenvalue weighted by Gasteiger charge is -2.27. The summed E-state index contributed by atoms with van der Waals surface area (Å²) in [6, 6.07) is 0. The Bertz CT molecular complexity index is 455. The summed E-state index contributed by atoms with van der Waals surface area (Å²) in [5, 5.41) is 3.30. The monoisotopic (exact) mass is 231 g/mol. The van der Waals surface area contributed by atoms with Gasteiger partial charge >= 0.3 is 0 Å². The van der Waals surface area contributed by atoms with E-state index in [1.54, 1.807) is 6.20 Å². The summed E-state index contributed by atoms with van der Waals surface area (Å²) in [7, 11) is 0. The molecule has 0 radical (unpaired) electrons. The van der Waals surface area contributed by atoms with Crippen LogP contribution in [0.2, 0.25) is 0 Å². The van der Waals surface area contributed by atoms with E-state index in [0.717, 1.165) is 38.3 Å². The number of rotatable bonds is 5. The van der Waals surface area contributed by atoms with E-state index >= 15 is 0 Å². The molecule has 2 aromatic rings. The third-order valence-corrected chi connectivity index (χ3v) is 3.31. The molecule has 3 rings (SSSR count). The van der Waals surface area contributed by atoms with Gasteiger partial charge < -0.3 is 14.9 Å². The maximum Gasteiger partial charge on any atom is 0.106 e. The quantitative estimate of drug-likeness (QED) is 0.804. The SMILES string of the molecule is c1c[nH]c(CCCn2cncc2C2CNC2)n1. The number of H-pyrrole nitrogens is 1. The van der Waals surface area contributed by atoms with Gasteiger partial charge in [-0.15, -0.1) is 0 Å². The first-order valence-electron chi connectivity index (χ1n) is 6.12. The van der Waals surface area contributed by atoms with Gasteiger partial charge in [-0.2, -0.15) is 0 Å². The van der Waals surface area contributed by atoms with Crippen molar-refractivity contribution in [1.29, 1.82) is 0 Å². The molecule has 0 amide bonds. The number of aromatic amines is 1. The molecule has 0 unspecified atom stereocenters. The van der Waals surface area contributed by atoms with Crippen LogP contribution in [0.3, 0.4) is 0 Å². The first-order chi connectivity index (χ1) is 8.43. The van der Waals surface area contributed by atoms with Crippen molar-refractivity contribution in [2.45, 2.75) is 25.3 Å². The maximum absolute atomic E-state index is 4.25. The fourth-order valence-corrected chi connectivity index (χ4v) is 2.21. The lowest BCUT2D eigenvalue weighted by atomic mass is 10.00. The van der Waals surface area contributed by atoms with Gasteiger partial charge in [0.2, 0.25) is 0 Å². The molecule has 90 valence electrons. The molecule has 0 aromatic carbocycles. The molecule has 3 heterocycles. The fraction of sp³-hybridized carbons (Fsp3) is 0.500. The van der Waals surface area contributed by atoms with Gasteiger partial charge in [-0.1, -0.05) is 0 Å². The Balaban J connectivity index is 1.56. The summed E-state index contributed by atoms with van der Waals surface area (Å²) in [4.78, 5) is 11.6. The van der Waals surface area contributed by atoms with Crippen molar-refractivity contribution in [2.75, 3.05) is 13.1 Å². The first kappa shape index (κ1) is 10.5. The molecule has 1 aliphatic heterocycles. The maximum atomic E-state index is 4.25. The Hall–Kier alpha value is -1.62. The molecule has 17 heavy (non-hydrogen) atoms. The number of hydrogen-bond acceptors (Lipinski definition) is 3. The number of aromatic nitrogens is 4. The summed E-state index contributed by atoms with van der Waals surface area (Å²) in [5.74, 6) is 1.72. The highest BCUT2D eigenvalue weighted by Crippen LogP contribution is 2.19. The van der Waals surface area contributed by atoms with Crippen LogP contribution in [0.1, 0.15) is 23.9 Å². The largest absolute Gasteiger partial charge is 0.349 e.